The third-order valence-electron chi connectivity index (χ3n) is 4.52. The fraction of sp³-hybridized carbons (Fsp3) is 0.526. The molecule has 0 bridgehead atoms. The molecule has 1 aliphatic carbocycles. The van der Waals surface area contributed by atoms with Crippen LogP contribution < -0.4 is 10.7 Å². The summed E-state index contributed by atoms with van der Waals surface area (Å²) in [7, 11) is 0. The normalized spacial score (nSPS) is 15.5. The van der Waals surface area contributed by atoms with Gasteiger partial charge in [0.2, 0.25) is 5.91 Å². The minimum absolute atomic E-state index is 0.0148. The zero-order valence-corrected chi connectivity index (χ0v) is 14.8. The average molecular weight is 329 g/mol. The van der Waals surface area contributed by atoms with Gasteiger partial charge in [-0.3, -0.25) is 9.59 Å². The van der Waals surface area contributed by atoms with Crippen LogP contribution in [-0.4, -0.2) is 24.6 Å². The van der Waals surface area contributed by atoms with Crippen LogP contribution in [0.15, 0.2) is 17.2 Å². The van der Waals surface area contributed by atoms with Gasteiger partial charge in [-0.05, 0) is 44.7 Å². The van der Waals surface area contributed by atoms with Crippen LogP contribution in [0.3, 0.4) is 0 Å². The van der Waals surface area contributed by atoms with Crippen LogP contribution in [0.2, 0.25) is 0 Å². The summed E-state index contributed by atoms with van der Waals surface area (Å²) < 4.78 is 0. The van der Waals surface area contributed by atoms with Crippen LogP contribution in [0, 0.1) is 26.7 Å². The number of carbonyl (C=O) groups excluding carboxylic acids is 2. The molecule has 0 saturated heterocycles. The first-order valence-corrected chi connectivity index (χ1v) is 8.65. The highest BCUT2D eigenvalue weighted by Crippen LogP contribution is 2.23. The van der Waals surface area contributed by atoms with Gasteiger partial charge in [-0.1, -0.05) is 37.0 Å². The Hall–Kier alpha value is -2.17. The summed E-state index contributed by atoms with van der Waals surface area (Å²) in [6, 6.07) is 4.17. The summed E-state index contributed by atoms with van der Waals surface area (Å²) in [4.78, 5) is 23.8. The Bertz CT molecular complexity index is 608. The number of rotatable bonds is 5. The Morgan fingerprint density at radius 1 is 1.12 bits per heavy atom. The number of hydrogen-bond donors (Lipinski definition) is 2. The third-order valence-corrected chi connectivity index (χ3v) is 4.52. The van der Waals surface area contributed by atoms with E-state index in [0.29, 0.717) is 0 Å². The Morgan fingerprint density at radius 2 is 1.75 bits per heavy atom. The maximum absolute atomic E-state index is 12.0. The number of aryl methyl sites for hydroxylation is 3. The monoisotopic (exact) mass is 329 g/mol. The summed E-state index contributed by atoms with van der Waals surface area (Å²) in [6.07, 6.45) is 6.92. The van der Waals surface area contributed by atoms with Gasteiger partial charge < -0.3 is 5.32 Å². The largest absolute Gasteiger partial charge is 0.347 e. The Morgan fingerprint density at radius 3 is 2.38 bits per heavy atom. The van der Waals surface area contributed by atoms with Crippen LogP contribution in [0.1, 0.15) is 54.4 Å². The van der Waals surface area contributed by atoms with Gasteiger partial charge in [0.15, 0.2) is 0 Å². The number of benzene rings is 1. The van der Waals surface area contributed by atoms with Crippen molar-refractivity contribution in [3.05, 3.63) is 34.4 Å². The van der Waals surface area contributed by atoms with Crippen molar-refractivity contribution in [2.24, 2.45) is 11.0 Å². The zero-order valence-electron chi connectivity index (χ0n) is 14.8. The van der Waals surface area contributed by atoms with Crippen LogP contribution in [0.4, 0.5) is 0 Å². The van der Waals surface area contributed by atoms with Crippen molar-refractivity contribution in [1.82, 2.24) is 10.7 Å². The molecule has 1 aromatic rings. The fourth-order valence-electron chi connectivity index (χ4n) is 3.28. The predicted octanol–water partition coefficient (Wildman–Crippen LogP) is 2.76. The van der Waals surface area contributed by atoms with E-state index in [1.165, 1.54) is 12.0 Å². The van der Waals surface area contributed by atoms with Crippen molar-refractivity contribution >= 4 is 18.0 Å². The van der Waals surface area contributed by atoms with Crippen LogP contribution >= 0.6 is 0 Å². The molecule has 5 nitrogen and oxygen atoms in total. The second-order valence-electron chi connectivity index (χ2n) is 6.66. The van der Waals surface area contributed by atoms with E-state index >= 15 is 0 Å². The zero-order chi connectivity index (χ0) is 17.5. The number of carbonyl (C=O) groups is 2. The standard InChI is InChI=1S/C19H27N3O2/c1-13-9-14(2)17(15(3)10-13)11-21-22-18(23)12-20-19(24)16-7-5-4-6-8-16/h9-11,16H,4-8,12H2,1-3H3,(H,20,24)(H,22,23). The second kappa shape index (κ2) is 8.62. The molecule has 24 heavy (non-hydrogen) atoms. The first kappa shape index (κ1) is 18.2. The molecular weight excluding hydrogens is 302 g/mol. The Balaban J connectivity index is 1.79. The van der Waals surface area contributed by atoms with E-state index in [2.05, 4.69) is 34.9 Å². The van der Waals surface area contributed by atoms with Crippen molar-refractivity contribution in [2.75, 3.05) is 6.54 Å². The molecule has 0 radical (unpaired) electrons. The summed E-state index contributed by atoms with van der Waals surface area (Å²) in [5, 5.41) is 6.71. The van der Waals surface area contributed by atoms with E-state index in [-0.39, 0.29) is 24.3 Å². The predicted molar refractivity (Wildman–Crippen MR) is 96.0 cm³/mol. The average Bonchev–Trinajstić information content (AvgIpc) is 2.55. The van der Waals surface area contributed by atoms with E-state index in [4.69, 9.17) is 0 Å². The van der Waals surface area contributed by atoms with Crippen molar-refractivity contribution in [1.29, 1.82) is 0 Å². The number of nitrogens with one attached hydrogen (secondary N) is 2. The van der Waals surface area contributed by atoms with E-state index in [1.807, 2.05) is 13.8 Å². The molecule has 0 aromatic heterocycles. The number of amides is 2. The summed E-state index contributed by atoms with van der Waals surface area (Å²) in [5.41, 5.74) is 6.93. The molecule has 0 atom stereocenters. The lowest BCUT2D eigenvalue weighted by Gasteiger charge is -2.20. The molecule has 1 saturated carbocycles. The number of nitrogens with zero attached hydrogens (tertiary/aromatic N) is 1. The van der Waals surface area contributed by atoms with E-state index < -0.39 is 0 Å². The Labute approximate surface area is 143 Å². The highest BCUT2D eigenvalue weighted by molar-refractivity contribution is 5.88. The van der Waals surface area contributed by atoms with Gasteiger partial charge in [0.05, 0.1) is 12.8 Å². The van der Waals surface area contributed by atoms with Crippen molar-refractivity contribution in [2.45, 2.75) is 52.9 Å². The molecule has 2 N–H and O–H groups in total. The van der Waals surface area contributed by atoms with Gasteiger partial charge in [0, 0.05) is 11.5 Å². The maximum atomic E-state index is 12.0. The van der Waals surface area contributed by atoms with E-state index in [1.54, 1.807) is 6.21 Å². The lowest BCUT2D eigenvalue weighted by Crippen LogP contribution is -2.38. The molecular formula is C19H27N3O2. The van der Waals surface area contributed by atoms with E-state index in [0.717, 1.165) is 42.4 Å². The first-order valence-electron chi connectivity index (χ1n) is 8.65. The number of hydrazone groups is 1. The van der Waals surface area contributed by atoms with Crippen LogP contribution in [0.5, 0.6) is 0 Å². The molecule has 1 fully saturated rings. The SMILES string of the molecule is Cc1cc(C)c(C=NNC(=O)CNC(=O)C2CCCCC2)c(C)c1. The molecule has 0 unspecified atom stereocenters. The second-order valence-corrected chi connectivity index (χ2v) is 6.66. The van der Waals surface area contributed by atoms with E-state index in [9.17, 15) is 9.59 Å². The molecule has 0 heterocycles. The quantitative estimate of drug-likeness (QED) is 0.644. The summed E-state index contributed by atoms with van der Waals surface area (Å²) in [6.45, 7) is 6.07. The van der Waals surface area contributed by atoms with Crippen molar-refractivity contribution < 1.29 is 9.59 Å². The lowest BCUT2D eigenvalue weighted by molar-refractivity contribution is -0.129. The Kier molecular flexibility index (Phi) is 6.53. The number of hydrogen-bond acceptors (Lipinski definition) is 3. The molecule has 0 aliphatic heterocycles. The topological polar surface area (TPSA) is 70.6 Å². The van der Waals surface area contributed by atoms with Gasteiger partial charge in [-0.2, -0.15) is 5.10 Å². The van der Waals surface area contributed by atoms with Gasteiger partial charge in [-0.25, -0.2) is 5.43 Å². The summed E-state index contributed by atoms with van der Waals surface area (Å²) >= 11 is 0. The minimum Gasteiger partial charge on any atom is -0.347 e. The molecule has 2 rings (SSSR count). The lowest BCUT2D eigenvalue weighted by atomic mass is 9.89. The molecule has 2 amide bonds. The third kappa shape index (κ3) is 5.18. The molecule has 1 aromatic carbocycles. The van der Waals surface area contributed by atoms with Crippen molar-refractivity contribution in [3.8, 4) is 0 Å². The highest BCUT2D eigenvalue weighted by Gasteiger charge is 2.21. The molecule has 5 heteroatoms. The minimum atomic E-state index is -0.308. The van der Waals surface area contributed by atoms with Gasteiger partial charge in [-0.15, -0.1) is 0 Å². The molecule has 1 aliphatic rings. The molecule has 0 spiro atoms. The first-order chi connectivity index (χ1) is 11.5. The van der Waals surface area contributed by atoms with Gasteiger partial charge >= 0.3 is 0 Å². The maximum Gasteiger partial charge on any atom is 0.259 e. The van der Waals surface area contributed by atoms with Crippen LogP contribution in [-0.2, 0) is 9.59 Å². The van der Waals surface area contributed by atoms with Gasteiger partial charge in [0.25, 0.3) is 5.91 Å². The summed E-state index contributed by atoms with van der Waals surface area (Å²) in [5.74, 6) is -0.259. The molecule has 130 valence electrons. The smallest absolute Gasteiger partial charge is 0.259 e. The van der Waals surface area contributed by atoms with Crippen molar-refractivity contribution in [3.63, 3.8) is 0 Å². The fourth-order valence-corrected chi connectivity index (χ4v) is 3.28. The highest BCUT2D eigenvalue weighted by atomic mass is 16.2. The van der Waals surface area contributed by atoms with Gasteiger partial charge in [0.1, 0.15) is 0 Å². The van der Waals surface area contributed by atoms with Crippen LogP contribution in [0.25, 0.3) is 0 Å².